The molecule has 1 unspecified atom stereocenters. The SMILES string of the molecule is CC1=NC(CCc2ccccc2)(C(=O)NC(C)(C)C)CO1. The van der Waals surface area contributed by atoms with E-state index in [2.05, 4.69) is 22.4 Å². The Morgan fingerprint density at radius 1 is 1.33 bits per heavy atom. The molecule has 4 heteroatoms. The van der Waals surface area contributed by atoms with Gasteiger partial charge in [-0.25, -0.2) is 4.99 Å². The van der Waals surface area contributed by atoms with Crippen LogP contribution in [0.5, 0.6) is 0 Å². The fourth-order valence-electron chi connectivity index (χ4n) is 2.40. The Balaban J connectivity index is 2.13. The third-order valence-corrected chi connectivity index (χ3v) is 3.47. The molecule has 1 heterocycles. The number of nitrogens with zero attached hydrogens (tertiary/aromatic N) is 1. The van der Waals surface area contributed by atoms with Gasteiger partial charge in [-0.3, -0.25) is 4.79 Å². The summed E-state index contributed by atoms with van der Waals surface area (Å²) in [6.07, 6.45) is 1.45. The van der Waals surface area contributed by atoms with Gasteiger partial charge in [-0.05, 0) is 39.2 Å². The van der Waals surface area contributed by atoms with Crippen molar-refractivity contribution in [3.63, 3.8) is 0 Å². The quantitative estimate of drug-likeness (QED) is 0.926. The predicted octanol–water partition coefficient (Wildman–Crippen LogP) is 2.72. The third-order valence-electron chi connectivity index (χ3n) is 3.47. The molecular formula is C17H24N2O2. The number of amides is 1. The summed E-state index contributed by atoms with van der Waals surface area (Å²) in [6.45, 7) is 8.05. The zero-order valence-electron chi connectivity index (χ0n) is 13.3. The van der Waals surface area contributed by atoms with Crippen molar-refractivity contribution >= 4 is 11.8 Å². The molecular weight excluding hydrogens is 264 g/mol. The van der Waals surface area contributed by atoms with Crippen LogP contribution in [-0.2, 0) is 16.0 Å². The fraction of sp³-hybridized carbons (Fsp3) is 0.529. The molecule has 0 saturated carbocycles. The summed E-state index contributed by atoms with van der Waals surface area (Å²) in [7, 11) is 0. The first-order valence-electron chi connectivity index (χ1n) is 7.37. The molecule has 1 aliphatic heterocycles. The first kappa shape index (κ1) is 15.5. The van der Waals surface area contributed by atoms with Gasteiger partial charge in [-0.15, -0.1) is 0 Å². The van der Waals surface area contributed by atoms with Crippen LogP contribution in [0.1, 0.15) is 39.7 Å². The second-order valence-electron chi connectivity index (χ2n) is 6.64. The summed E-state index contributed by atoms with van der Waals surface area (Å²) in [5.74, 6) is 0.537. The molecule has 1 aromatic rings. The molecule has 1 amide bonds. The standard InChI is InChI=1S/C17H24N2O2/c1-13-18-17(12-21-13,15(20)19-16(2,3)4)11-10-14-8-6-5-7-9-14/h5-9H,10-12H2,1-4H3,(H,19,20). The smallest absolute Gasteiger partial charge is 0.252 e. The van der Waals surface area contributed by atoms with Gasteiger partial charge in [0.25, 0.3) is 5.91 Å². The van der Waals surface area contributed by atoms with Crippen LogP contribution < -0.4 is 5.32 Å². The second-order valence-corrected chi connectivity index (χ2v) is 6.64. The highest BCUT2D eigenvalue weighted by Gasteiger charge is 2.43. The van der Waals surface area contributed by atoms with E-state index in [-0.39, 0.29) is 11.4 Å². The molecule has 2 rings (SSSR count). The van der Waals surface area contributed by atoms with Crippen molar-refractivity contribution in [3.05, 3.63) is 35.9 Å². The van der Waals surface area contributed by atoms with Gasteiger partial charge >= 0.3 is 0 Å². The normalized spacial score (nSPS) is 21.6. The lowest BCUT2D eigenvalue weighted by molar-refractivity contribution is -0.128. The highest BCUT2D eigenvalue weighted by atomic mass is 16.5. The molecule has 1 aromatic carbocycles. The topological polar surface area (TPSA) is 50.7 Å². The van der Waals surface area contributed by atoms with E-state index in [1.807, 2.05) is 39.0 Å². The molecule has 4 nitrogen and oxygen atoms in total. The Bertz CT molecular complexity index is 531. The molecule has 0 radical (unpaired) electrons. The Morgan fingerprint density at radius 2 is 2.00 bits per heavy atom. The number of carbonyl (C=O) groups is 1. The lowest BCUT2D eigenvalue weighted by atomic mass is 9.91. The monoisotopic (exact) mass is 288 g/mol. The number of rotatable bonds is 4. The van der Waals surface area contributed by atoms with Gasteiger partial charge in [0.1, 0.15) is 6.61 Å². The lowest BCUT2D eigenvalue weighted by Gasteiger charge is -2.29. The van der Waals surface area contributed by atoms with Crippen LogP contribution in [0.15, 0.2) is 35.3 Å². The molecule has 0 bridgehead atoms. The summed E-state index contributed by atoms with van der Waals surface area (Å²) in [5, 5.41) is 3.03. The molecule has 1 aliphatic rings. The second kappa shape index (κ2) is 5.88. The highest BCUT2D eigenvalue weighted by Crippen LogP contribution is 2.26. The summed E-state index contributed by atoms with van der Waals surface area (Å²) in [5.41, 5.74) is 0.135. The van der Waals surface area contributed by atoms with Crippen LogP contribution in [0.3, 0.4) is 0 Å². The van der Waals surface area contributed by atoms with Crippen molar-refractivity contribution in [2.45, 2.75) is 51.6 Å². The molecule has 0 saturated heterocycles. The van der Waals surface area contributed by atoms with Crippen molar-refractivity contribution in [2.24, 2.45) is 4.99 Å². The summed E-state index contributed by atoms with van der Waals surface area (Å²) >= 11 is 0. The number of aryl methyl sites for hydroxylation is 1. The molecule has 0 aliphatic carbocycles. The fourth-order valence-corrected chi connectivity index (χ4v) is 2.40. The largest absolute Gasteiger partial charge is 0.478 e. The zero-order valence-corrected chi connectivity index (χ0v) is 13.3. The van der Waals surface area contributed by atoms with Crippen molar-refractivity contribution in [2.75, 3.05) is 6.61 Å². The molecule has 0 aromatic heterocycles. The lowest BCUT2D eigenvalue weighted by Crippen LogP contribution is -2.53. The Kier molecular flexibility index (Phi) is 4.35. The summed E-state index contributed by atoms with van der Waals surface area (Å²) in [6, 6.07) is 10.2. The van der Waals surface area contributed by atoms with E-state index >= 15 is 0 Å². The van der Waals surface area contributed by atoms with Crippen LogP contribution in [0.4, 0.5) is 0 Å². The molecule has 21 heavy (non-hydrogen) atoms. The van der Waals surface area contributed by atoms with Crippen molar-refractivity contribution in [1.82, 2.24) is 5.32 Å². The van der Waals surface area contributed by atoms with E-state index in [1.165, 1.54) is 5.56 Å². The maximum Gasteiger partial charge on any atom is 0.252 e. The van der Waals surface area contributed by atoms with Crippen molar-refractivity contribution < 1.29 is 9.53 Å². The zero-order chi connectivity index (χ0) is 15.5. The van der Waals surface area contributed by atoms with E-state index in [0.717, 1.165) is 6.42 Å². The first-order valence-corrected chi connectivity index (χ1v) is 7.37. The maximum atomic E-state index is 12.7. The van der Waals surface area contributed by atoms with Crippen molar-refractivity contribution in [3.8, 4) is 0 Å². The summed E-state index contributed by atoms with van der Waals surface area (Å²) < 4.78 is 5.48. The van der Waals surface area contributed by atoms with Crippen LogP contribution in [0.2, 0.25) is 0 Å². The Hall–Kier alpha value is -1.84. The average Bonchev–Trinajstić information content (AvgIpc) is 2.79. The van der Waals surface area contributed by atoms with Crippen LogP contribution in [0, 0.1) is 0 Å². The maximum absolute atomic E-state index is 12.7. The third kappa shape index (κ3) is 4.06. The highest BCUT2D eigenvalue weighted by molar-refractivity contribution is 5.92. The number of nitrogens with one attached hydrogen (secondary N) is 1. The number of hydrogen-bond acceptors (Lipinski definition) is 3. The number of hydrogen-bond donors (Lipinski definition) is 1. The molecule has 0 spiro atoms. The van der Waals surface area contributed by atoms with E-state index in [9.17, 15) is 4.79 Å². The number of carbonyl (C=O) groups excluding carboxylic acids is 1. The average molecular weight is 288 g/mol. The Labute approximate surface area is 126 Å². The van der Waals surface area contributed by atoms with E-state index in [1.54, 1.807) is 6.92 Å². The van der Waals surface area contributed by atoms with E-state index < -0.39 is 5.54 Å². The first-order chi connectivity index (χ1) is 9.81. The minimum atomic E-state index is -0.798. The van der Waals surface area contributed by atoms with Crippen LogP contribution in [0.25, 0.3) is 0 Å². The van der Waals surface area contributed by atoms with Gasteiger partial charge in [0.2, 0.25) is 0 Å². The van der Waals surface area contributed by atoms with Gasteiger partial charge < -0.3 is 10.1 Å². The van der Waals surface area contributed by atoms with Crippen LogP contribution in [-0.4, -0.2) is 29.5 Å². The van der Waals surface area contributed by atoms with Gasteiger partial charge in [-0.1, -0.05) is 30.3 Å². The van der Waals surface area contributed by atoms with Gasteiger partial charge in [0.05, 0.1) is 0 Å². The van der Waals surface area contributed by atoms with Gasteiger partial charge in [0, 0.05) is 12.5 Å². The van der Waals surface area contributed by atoms with E-state index in [0.29, 0.717) is 18.9 Å². The minimum Gasteiger partial charge on any atom is -0.478 e. The van der Waals surface area contributed by atoms with Gasteiger partial charge in [0.15, 0.2) is 11.4 Å². The number of aliphatic imine (C=N–C) groups is 1. The van der Waals surface area contributed by atoms with E-state index in [4.69, 9.17) is 4.74 Å². The van der Waals surface area contributed by atoms with Gasteiger partial charge in [-0.2, -0.15) is 0 Å². The predicted molar refractivity (Wildman–Crippen MR) is 84.5 cm³/mol. The molecule has 1 N–H and O–H groups in total. The summed E-state index contributed by atoms with van der Waals surface area (Å²) in [4.78, 5) is 17.2. The Morgan fingerprint density at radius 3 is 2.52 bits per heavy atom. The minimum absolute atomic E-state index is 0.0530. The number of benzene rings is 1. The molecule has 0 fully saturated rings. The number of ether oxygens (including phenoxy) is 1. The van der Waals surface area contributed by atoms with Crippen LogP contribution >= 0.6 is 0 Å². The molecule has 1 atom stereocenters. The molecule has 114 valence electrons. The van der Waals surface area contributed by atoms with Crippen molar-refractivity contribution in [1.29, 1.82) is 0 Å².